The molecule has 2 aromatic rings. The summed E-state index contributed by atoms with van der Waals surface area (Å²) in [5, 5.41) is 3.16. The van der Waals surface area contributed by atoms with Gasteiger partial charge in [0.25, 0.3) is 0 Å². The predicted molar refractivity (Wildman–Crippen MR) is 144 cm³/mol. The smallest absolute Gasteiger partial charge is 0.244 e. The first-order chi connectivity index (χ1) is 17.1. The van der Waals surface area contributed by atoms with Crippen LogP contribution in [-0.4, -0.2) is 50.0 Å². The molecule has 0 saturated heterocycles. The molecule has 1 aliphatic carbocycles. The average Bonchev–Trinajstić information content (AvgIpc) is 2.82. The molecule has 1 unspecified atom stereocenters. The number of benzene rings is 2. The molecule has 196 valence electrons. The number of carbonyl (C=O) groups excluding carboxylic acids is 2. The van der Waals surface area contributed by atoms with Crippen LogP contribution < -0.4 is 9.62 Å². The van der Waals surface area contributed by atoms with Crippen molar-refractivity contribution in [1.29, 1.82) is 0 Å². The van der Waals surface area contributed by atoms with Gasteiger partial charge < -0.3 is 10.2 Å². The molecule has 36 heavy (non-hydrogen) atoms. The molecule has 1 fully saturated rings. The zero-order chi connectivity index (χ0) is 26.3. The van der Waals surface area contributed by atoms with E-state index < -0.39 is 22.0 Å². The van der Waals surface area contributed by atoms with Gasteiger partial charge in [-0.25, -0.2) is 8.42 Å². The Kier molecular flexibility index (Phi) is 9.54. The minimum absolute atomic E-state index is 0.121. The van der Waals surface area contributed by atoms with Crippen LogP contribution in [0.15, 0.2) is 48.5 Å². The number of rotatable bonds is 10. The SMILES string of the molecule is CCC(C(=O)NC1CCCCC1)N(Cc1cccc(C)c1)C(=O)CN(c1cccc(C)c1)S(C)(=O)=O. The van der Waals surface area contributed by atoms with Crippen LogP contribution in [0.1, 0.15) is 62.1 Å². The molecule has 1 saturated carbocycles. The molecular formula is C28H39N3O4S. The topological polar surface area (TPSA) is 86.8 Å². The number of hydrogen-bond donors (Lipinski definition) is 1. The fraction of sp³-hybridized carbons (Fsp3) is 0.500. The van der Waals surface area contributed by atoms with Gasteiger partial charge in [0.2, 0.25) is 21.8 Å². The summed E-state index contributed by atoms with van der Waals surface area (Å²) in [7, 11) is -3.73. The first-order valence-electron chi connectivity index (χ1n) is 12.8. The molecule has 0 aromatic heterocycles. The summed E-state index contributed by atoms with van der Waals surface area (Å²) in [6.07, 6.45) is 6.79. The minimum atomic E-state index is -3.73. The second-order valence-corrected chi connectivity index (χ2v) is 11.8. The maximum atomic E-state index is 13.8. The molecule has 2 aromatic carbocycles. The van der Waals surface area contributed by atoms with Crippen molar-refractivity contribution < 1.29 is 18.0 Å². The number of hydrogen-bond acceptors (Lipinski definition) is 4. The second-order valence-electron chi connectivity index (χ2n) is 9.89. The van der Waals surface area contributed by atoms with E-state index in [1.165, 1.54) is 6.42 Å². The van der Waals surface area contributed by atoms with Gasteiger partial charge in [-0.05, 0) is 56.4 Å². The van der Waals surface area contributed by atoms with Crippen LogP contribution in [0.2, 0.25) is 0 Å². The Labute approximate surface area is 215 Å². The van der Waals surface area contributed by atoms with Gasteiger partial charge in [-0.1, -0.05) is 68.1 Å². The molecule has 0 radical (unpaired) electrons. The molecule has 3 rings (SSSR count). The van der Waals surface area contributed by atoms with Crippen molar-refractivity contribution in [3.8, 4) is 0 Å². The van der Waals surface area contributed by atoms with Crippen molar-refractivity contribution in [2.45, 2.75) is 77.9 Å². The molecule has 7 nitrogen and oxygen atoms in total. The quantitative estimate of drug-likeness (QED) is 0.512. The number of aryl methyl sites for hydroxylation is 2. The highest BCUT2D eigenvalue weighted by atomic mass is 32.2. The summed E-state index contributed by atoms with van der Waals surface area (Å²) in [6.45, 7) is 5.59. The lowest BCUT2D eigenvalue weighted by Gasteiger charge is -2.34. The molecule has 1 N–H and O–H groups in total. The van der Waals surface area contributed by atoms with Crippen LogP contribution in [0.4, 0.5) is 5.69 Å². The van der Waals surface area contributed by atoms with E-state index in [0.717, 1.165) is 52.9 Å². The third kappa shape index (κ3) is 7.56. The van der Waals surface area contributed by atoms with Gasteiger partial charge in [-0.3, -0.25) is 13.9 Å². The molecule has 0 bridgehead atoms. The molecule has 8 heteroatoms. The maximum absolute atomic E-state index is 13.8. The summed E-state index contributed by atoms with van der Waals surface area (Å²) >= 11 is 0. The zero-order valence-corrected chi connectivity index (χ0v) is 22.7. The Hall–Kier alpha value is -2.87. The van der Waals surface area contributed by atoms with Crippen molar-refractivity contribution in [3.63, 3.8) is 0 Å². The minimum Gasteiger partial charge on any atom is -0.352 e. The van der Waals surface area contributed by atoms with E-state index in [4.69, 9.17) is 0 Å². The third-order valence-electron chi connectivity index (χ3n) is 6.74. The highest BCUT2D eigenvalue weighted by Crippen LogP contribution is 2.22. The summed E-state index contributed by atoms with van der Waals surface area (Å²) in [4.78, 5) is 28.7. The number of amides is 2. The number of nitrogens with one attached hydrogen (secondary N) is 1. The number of anilines is 1. The Morgan fingerprint density at radius 2 is 1.64 bits per heavy atom. The second kappa shape index (κ2) is 12.4. The van der Waals surface area contributed by atoms with Crippen LogP contribution >= 0.6 is 0 Å². The molecule has 0 spiro atoms. The first kappa shape index (κ1) is 27.7. The molecule has 1 aliphatic rings. The third-order valence-corrected chi connectivity index (χ3v) is 7.88. The van der Waals surface area contributed by atoms with Crippen molar-refractivity contribution in [3.05, 3.63) is 65.2 Å². The monoisotopic (exact) mass is 513 g/mol. The van der Waals surface area contributed by atoms with Gasteiger partial charge in [-0.15, -0.1) is 0 Å². The van der Waals surface area contributed by atoms with Crippen molar-refractivity contribution in [2.24, 2.45) is 0 Å². The normalized spacial score (nSPS) is 15.2. The van der Waals surface area contributed by atoms with Crippen molar-refractivity contribution >= 4 is 27.5 Å². The van der Waals surface area contributed by atoms with E-state index in [1.807, 2.05) is 51.1 Å². The number of nitrogens with zero attached hydrogens (tertiary/aromatic N) is 2. The van der Waals surface area contributed by atoms with Gasteiger partial charge in [0.15, 0.2) is 0 Å². The number of sulfonamides is 1. The van der Waals surface area contributed by atoms with Crippen LogP contribution in [-0.2, 0) is 26.2 Å². The van der Waals surface area contributed by atoms with Gasteiger partial charge in [-0.2, -0.15) is 0 Å². The van der Waals surface area contributed by atoms with Crippen LogP contribution in [0.5, 0.6) is 0 Å². The predicted octanol–water partition coefficient (Wildman–Crippen LogP) is 4.33. The Morgan fingerprint density at radius 3 is 2.22 bits per heavy atom. The Bertz CT molecular complexity index is 1160. The molecule has 2 amide bonds. The Balaban J connectivity index is 1.91. The van der Waals surface area contributed by atoms with Gasteiger partial charge in [0.05, 0.1) is 11.9 Å². The summed E-state index contributed by atoms with van der Waals surface area (Å²) in [5.74, 6) is -0.582. The van der Waals surface area contributed by atoms with E-state index in [0.29, 0.717) is 12.1 Å². The van der Waals surface area contributed by atoms with Crippen LogP contribution in [0.25, 0.3) is 0 Å². The molecule has 1 atom stereocenters. The molecular weight excluding hydrogens is 474 g/mol. The lowest BCUT2D eigenvalue weighted by molar-refractivity contribution is -0.140. The fourth-order valence-electron chi connectivity index (χ4n) is 4.87. The fourth-order valence-corrected chi connectivity index (χ4v) is 5.71. The maximum Gasteiger partial charge on any atom is 0.244 e. The largest absolute Gasteiger partial charge is 0.352 e. The van der Waals surface area contributed by atoms with Gasteiger partial charge >= 0.3 is 0 Å². The lowest BCUT2D eigenvalue weighted by Crippen LogP contribution is -2.53. The summed E-state index contributed by atoms with van der Waals surface area (Å²) < 4.78 is 26.6. The highest BCUT2D eigenvalue weighted by molar-refractivity contribution is 7.92. The lowest BCUT2D eigenvalue weighted by atomic mass is 9.95. The van der Waals surface area contributed by atoms with E-state index >= 15 is 0 Å². The van der Waals surface area contributed by atoms with Crippen LogP contribution in [0.3, 0.4) is 0 Å². The van der Waals surface area contributed by atoms with Crippen molar-refractivity contribution in [1.82, 2.24) is 10.2 Å². The zero-order valence-electron chi connectivity index (χ0n) is 21.9. The number of carbonyl (C=O) groups is 2. The van der Waals surface area contributed by atoms with E-state index in [9.17, 15) is 18.0 Å². The molecule has 0 aliphatic heterocycles. The van der Waals surface area contributed by atoms with E-state index in [2.05, 4.69) is 5.32 Å². The summed E-state index contributed by atoms with van der Waals surface area (Å²) in [5.41, 5.74) is 3.27. The van der Waals surface area contributed by atoms with Crippen LogP contribution in [0, 0.1) is 13.8 Å². The van der Waals surface area contributed by atoms with Crippen molar-refractivity contribution in [2.75, 3.05) is 17.1 Å². The summed E-state index contributed by atoms with van der Waals surface area (Å²) in [6, 6.07) is 14.3. The highest BCUT2D eigenvalue weighted by Gasteiger charge is 2.32. The molecule has 0 heterocycles. The first-order valence-corrected chi connectivity index (χ1v) is 14.6. The van der Waals surface area contributed by atoms with Gasteiger partial charge in [0.1, 0.15) is 12.6 Å². The van der Waals surface area contributed by atoms with E-state index in [-0.39, 0.29) is 25.0 Å². The average molecular weight is 514 g/mol. The standard InChI is InChI=1S/C28H39N3O4S/c1-5-26(28(33)29-24-14-7-6-8-15-24)30(19-23-13-9-11-21(2)17-23)27(32)20-31(36(4,34)35)25-16-10-12-22(3)18-25/h9-13,16-18,24,26H,5-8,14-15,19-20H2,1-4H3,(H,29,33). The van der Waals surface area contributed by atoms with Gasteiger partial charge in [0, 0.05) is 12.6 Å². The van der Waals surface area contributed by atoms with E-state index in [1.54, 1.807) is 23.1 Å². The Morgan fingerprint density at radius 1 is 1.00 bits per heavy atom.